The summed E-state index contributed by atoms with van der Waals surface area (Å²) in [6.45, 7) is 7.52. The van der Waals surface area contributed by atoms with Crippen LogP contribution in [0.25, 0.3) is 16.8 Å². The van der Waals surface area contributed by atoms with Gasteiger partial charge < -0.3 is 15.4 Å². The molecule has 0 unspecified atom stereocenters. The van der Waals surface area contributed by atoms with Crippen molar-refractivity contribution < 1.29 is 23.9 Å². The van der Waals surface area contributed by atoms with E-state index in [4.69, 9.17) is 4.74 Å². The molecule has 5 rings (SSSR count). The van der Waals surface area contributed by atoms with Gasteiger partial charge in [0.25, 0.3) is 5.91 Å². The molecular formula is C30H37N5O5. The summed E-state index contributed by atoms with van der Waals surface area (Å²) in [5.41, 5.74) is 3.84. The summed E-state index contributed by atoms with van der Waals surface area (Å²) in [5, 5.41) is 8.95. The van der Waals surface area contributed by atoms with Crippen LogP contribution in [0.4, 0.5) is 0 Å². The number of rotatable bonds is 1. The fourth-order valence-electron chi connectivity index (χ4n) is 5.23. The van der Waals surface area contributed by atoms with E-state index in [0.717, 1.165) is 16.3 Å². The van der Waals surface area contributed by atoms with Crippen molar-refractivity contribution in [2.75, 3.05) is 6.54 Å². The lowest BCUT2D eigenvalue weighted by Gasteiger charge is -2.35. The summed E-state index contributed by atoms with van der Waals surface area (Å²) in [6.07, 6.45) is 7.48. The van der Waals surface area contributed by atoms with Crippen LogP contribution in [0.2, 0.25) is 0 Å². The molecule has 2 aliphatic heterocycles. The molecule has 10 heteroatoms. The van der Waals surface area contributed by atoms with E-state index in [-0.39, 0.29) is 17.7 Å². The number of cyclic esters (lactones) is 1. The topological polar surface area (TPSA) is 130 Å². The monoisotopic (exact) mass is 547 g/mol. The number of amides is 3. The van der Waals surface area contributed by atoms with Crippen LogP contribution in [0.15, 0.2) is 36.5 Å². The Morgan fingerprint density at radius 2 is 1.82 bits per heavy atom. The fourth-order valence-corrected chi connectivity index (χ4v) is 5.23. The zero-order valence-corrected chi connectivity index (χ0v) is 23.4. The molecule has 1 aromatic carbocycles. The van der Waals surface area contributed by atoms with Gasteiger partial charge in [-0.2, -0.15) is 0 Å². The highest BCUT2D eigenvalue weighted by molar-refractivity contribution is 5.95. The molecule has 3 amide bonds. The summed E-state index contributed by atoms with van der Waals surface area (Å²) in [5.74, 6) is -1.64. The predicted molar refractivity (Wildman–Crippen MR) is 149 cm³/mol. The van der Waals surface area contributed by atoms with Crippen molar-refractivity contribution in [1.82, 2.24) is 26.1 Å². The molecule has 2 fully saturated rings. The van der Waals surface area contributed by atoms with E-state index in [1.54, 1.807) is 13.1 Å². The van der Waals surface area contributed by atoms with Crippen LogP contribution >= 0.6 is 0 Å². The molecule has 40 heavy (non-hydrogen) atoms. The maximum Gasteiger partial charge on any atom is 0.325 e. The summed E-state index contributed by atoms with van der Waals surface area (Å²) in [4.78, 5) is 57.4. The molecule has 1 spiro atoms. The number of pyridine rings is 1. The van der Waals surface area contributed by atoms with Gasteiger partial charge in [-0.15, -0.1) is 0 Å². The van der Waals surface area contributed by atoms with Gasteiger partial charge in [-0.05, 0) is 74.6 Å². The van der Waals surface area contributed by atoms with E-state index in [9.17, 15) is 19.2 Å². The Labute approximate surface area is 233 Å². The number of carbonyl (C=O) groups is 4. The van der Waals surface area contributed by atoms with Gasteiger partial charge in [0.15, 0.2) is 0 Å². The van der Waals surface area contributed by atoms with E-state index in [2.05, 4.69) is 21.0 Å². The van der Waals surface area contributed by atoms with Crippen molar-refractivity contribution >= 4 is 40.5 Å². The lowest BCUT2D eigenvalue weighted by Crippen LogP contribution is -2.61. The molecule has 1 saturated carbocycles. The highest BCUT2D eigenvalue weighted by atomic mass is 16.5. The Kier molecular flexibility index (Phi) is 7.63. The van der Waals surface area contributed by atoms with Crippen LogP contribution < -0.4 is 16.1 Å². The molecule has 212 valence electrons. The van der Waals surface area contributed by atoms with Crippen LogP contribution in [-0.4, -0.2) is 58.4 Å². The molecular weight excluding hydrogens is 510 g/mol. The molecule has 5 bridgehead atoms. The zero-order chi connectivity index (χ0) is 28.6. The predicted octanol–water partition coefficient (Wildman–Crippen LogP) is 2.79. The lowest BCUT2D eigenvalue weighted by molar-refractivity contribution is -0.157. The quantitative estimate of drug-likeness (QED) is 0.468. The minimum absolute atomic E-state index is 0.196. The second kappa shape index (κ2) is 11.0. The van der Waals surface area contributed by atoms with Gasteiger partial charge in [-0.25, -0.2) is 5.43 Å². The Morgan fingerprint density at radius 1 is 1.05 bits per heavy atom. The number of hydrogen-bond donors (Lipinski definition) is 3. The van der Waals surface area contributed by atoms with Crippen LogP contribution in [0.1, 0.15) is 70.7 Å². The number of ether oxygens (including phenoxy) is 1. The number of aromatic nitrogens is 1. The van der Waals surface area contributed by atoms with Crippen molar-refractivity contribution in [2.24, 2.45) is 11.3 Å². The van der Waals surface area contributed by atoms with E-state index < -0.39 is 41.5 Å². The molecule has 1 saturated heterocycles. The summed E-state index contributed by atoms with van der Waals surface area (Å²) < 4.78 is 5.80. The van der Waals surface area contributed by atoms with Gasteiger partial charge >= 0.3 is 5.97 Å². The molecule has 4 atom stereocenters. The maximum absolute atomic E-state index is 13.3. The molecule has 3 aliphatic rings. The standard InChI is InChI=1S/C30H37N5O5/c1-17(2)25-26(36)32-18(3)27(37)35-13-5-6-24(34-35)28(38)40-19(4)20-7-8-21-16-31-23(15-22(21)14-20)9-10-30(11-12-30)29(39)33-25/h7-10,14-19,24-25,34H,5-6,11-13H2,1-4H3,(H,32,36)(H,33,39)/b10-9+/t18-,19+,24-,25-/m0/s1. The third kappa shape index (κ3) is 5.72. The molecule has 2 aromatic rings. The minimum atomic E-state index is -0.861. The van der Waals surface area contributed by atoms with Gasteiger partial charge in [0.1, 0.15) is 24.2 Å². The van der Waals surface area contributed by atoms with E-state index in [1.807, 2.05) is 57.2 Å². The highest BCUT2D eigenvalue weighted by Crippen LogP contribution is 2.48. The molecule has 0 radical (unpaired) electrons. The largest absolute Gasteiger partial charge is 0.457 e. The Balaban J connectivity index is 1.48. The van der Waals surface area contributed by atoms with Gasteiger partial charge in [-0.3, -0.25) is 29.2 Å². The van der Waals surface area contributed by atoms with Crippen LogP contribution in [0, 0.1) is 11.3 Å². The lowest BCUT2D eigenvalue weighted by atomic mass is 9.99. The molecule has 3 N–H and O–H groups in total. The average molecular weight is 548 g/mol. The fraction of sp³-hybridized carbons (Fsp3) is 0.500. The van der Waals surface area contributed by atoms with E-state index in [0.29, 0.717) is 37.9 Å². The molecule has 10 nitrogen and oxygen atoms in total. The van der Waals surface area contributed by atoms with Crippen molar-refractivity contribution in [1.29, 1.82) is 0 Å². The second-order valence-electron chi connectivity index (χ2n) is 11.5. The van der Waals surface area contributed by atoms with Crippen LogP contribution in [0.5, 0.6) is 0 Å². The Bertz CT molecular complexity index is 1370. The van der Waals surface area contributed by atoms with Gasteiger partial charge in [0.2, 0.25) is 11.8 Å². The first-order chi connectivity index (χ1) is 19.1. The van der Waals surface area contributed by atoms with Crippen LogP contribution in [-0.2, 0) is 23.9 Å². The number of fused-ring (bicyclic) bond motifs is 4. The van der Waals surface area contributed by atoms with Crippen LogP contribution in [0.3, 0.4) is 0 Å². The average Bonchev–Trinajstić information content (AvgIpc) is 3.74. The number of nitrogens with one attached hydrogen (secondary N) is 3. The SMILES string of the molecule is CC(C)[C@@H]1NC(=O)C2(/C=C/c3cc4cc(ccc4cn3)[C@@H](C)OC(=O)[C@@H]3CCCN(N3)C(=O)[C@H](C)NC1=O)CC2. The number of hydrogen-bond acceptors (Lipinski definition) is 7. The van der Waals surface area contributed by atoms with Crippen molar-refractivity contribution in [3.05, 3.63) is 47.8 Å². The molecule has 1 aromatic heterocycles. The number of benzene rings is 1. The first-order valence-corrected chi connectivity index (χ1v) is 14.0. The van der Waals surface area contributed by atoms with Gasteiger partial charge in [0.05, 0.1) is 11.1 Å². The third-order valence-corrected chi connectivity index (χ3v) is 8.04. The molecule has 1 aliphatic carbocycles. The highest BCUT2D eigenvalue weighted by Gasteiger charge is 2.48. The zero-order valence-electron chi connectivity index (χ0n) is 23.4. The first-order valence-electron chi connectivity index (χ1n) is 14.0. The number of carbonyl (C=O) groups excluding carboxylic acids is 4. The normalized spacial score (nSPS) is 28.3. The summed E-state index contributed by atoms with van der Waals surface area (Å²) in [7, 11) is 0. The Hall–Kier alpha value is -3.79. The number of esters is 1. The minimum Gasteiger partial charge on any atom is -0.457 e. The summed E-state index contributed by atoms with van der Waals surface area (Å²) >= 11 is 0. The first kappa shape index (κ1) is 27.8. The summed E-state index contributed by atoms with van der Waals surface area (Å²) in [6, 6.07) is 5.42. The van der Waals surface area contributed by atoms with E-state index in [1.165, 1.54) is 5.01 Å². The number of nitrogens with zero attached hydrogens (tertiary/aromatic N) is 2. The van der Waals surface area contributed by atoms with Crippen molar-refractivity contribution in [2.45, 2.75) is 77.6 Å². The van der Waals surface area contributed by atoms with E-state index >= 15 is 0 Å². The van der Waals surface area contributed by atoms with Crippen molar-refractivity contribution in [3.8, 4) is 0 Å². The Morgan fingerprint density at radius 3 is 2.55 bits per heavy atom. The smallest absolute Gasteiger partial charge is 0.325 e. The van der Waals surface area contributed by atoms with Crippen molar-refractivity contribution in [3.63, 3.8) is 0 Å². The second-order valence-corrected chi connectivity index (χ2v) is 11.5. The third-order valence-electron chi connectivity index (χ3n) is 8.04. The number of hydrazine groups is 1. The van der Waals surface area contributed by atoms with Gasteiger partial charge in [-0.1, -0.05) is 32.1 Å². The molecule has 3 heterocycles. The van der Waals surface area contributed by atoms with Gasteiger partial charge in [0, 0.05) is 18.1 Å². The maximum atomic E-state index is 13.3.